The maximum atomic E-state index is 12.3. The summed E-state index contributed by atoms with van der Waals surface area (Å²) in [7, 11) is 0. The normalized spacial score (nSPS) is 21.9. The summed E-state index contributed by atoms with van der Waals surface area (Å²) in [6.45, 7) is 11.1. The van der Waals surface area contributed by atoms with E-state index < -0.39 is 0 Å². The molecule has 0 bridgehead atoms. The van der Waals surface area contributed by atoms with E-state index in [-0.39, 0.29) is 5.91 Å². The minimum Gasteiger partial charge on any atom is -0.354 e. The zero-order valence-corrected chi connectivity index (χ0v) is 15.5. The molecule has 2 saturated heterocycles. The smallest absolute Gasteiger partial charge is 0.246 e. The van der Waals surface area contributed by atoms with Crippen molar-refractivity contribution in [3.05, 3.63) is 36.0 Å². The lowest BCUT2D eigenvalue weighted by atomic mass is 9.97. The molecule has 0 radical (unpaired) electrons. The fraction of sp³-hybridized carbons (Fsp3) is 0.600. The number of hydrogen-bond acceptors (Lipinski definition) is 4. The average molecular weight is 342 g/mol. The highest BCUT2D eigenvalue weighted by molar-refractivity contribution is 5.88. The van der Waals surface area contributed by atoms with Gasteiger partial charge in [0.2, 0.25) is 5.91 Å². The molecule has 1 aromatic rings. The molecular formula is C20H30N4O. The summed E-state index contributed by atoms with van der Waals surface area (Å²) in [6, 6.07) is 6.10. The first-order valence-corrected chi connectivity index (χ1v) is 9.44. The van der Waals surface area contributed by atoms with E-state index in [0.717, 1.165) is 63.6 Å². The predicted molar refractivity (Wildman–Crippen MR) is 102 cm³/mol. The van der Waals surface area contributed by atoms with Crippen molar-refractivity contribution in [3.8, 4) is 0 Å². The predicted octanol–water partition coefficient (Wildman–Crippen LogP) is 2.41. The molecule has 0 saturated carbocycles. The van der Waals surface area contributed by atoms with Gasteiger partial charge in [0.15, 0.2) is 0 Å². The number of allylic oxidation sites excluding steroid dienone is 1. The molecule has 3 heterocycles. The number of hydrogen-bond donors (Lipinski definition) is 0. The first-order valence-electron chi connectivity index (χ1n) is 9.44. The third-order valence-electron chi connectivity index (χ3n) is 5.10. The minimum atomic E-state index is 0.185. The standard InChI is InChI=1S/C20H30N4O/c1-17(2)14-20(25)24-9-5-6-18(16-24)15-22-10-12-23(13-11-22)19-7-3-4-8-21-19/h3-4,7-8,14,18H,5-6,9-13,15-16H2,1-2H3/t18-/m1/s1. The highest BCUT2D eigenvalue weighted by Crippen LogP contribution is 2.20. The van der Waals surface area contributed by atoms with Gasteiger partial charge in [0, 0.05) is 58.1 Å². The number of carbonyl (C=O) groups is 1. The number of carbonyl (C=O) groups excluding carboxylic acids is 1. The third-order valence-corrected chi connectivity index (χ3v) is 5.10. The van der Waals surface area contributed by atoms with Crippen molar-refractivity contribution in [2.24, 2.45) is 5.92 Å². The van der Waals surface area contributed by atoms with Crippen molar-refractivity contribution in [3.63, 3.8) is 0 Å². The lowest BCUT2D eigenvalue weighted by Gasteiger charge is -2.39. The Bertz CT molecular complexity index is 589. The van der Waals surface area contributed by atoms with Gasteiger partial charge in [-0.05, 0) is 44.7 Å². The van der Waals surface area contributed by atoms with E-state index in [9.17, 15) is 4.79 Å². The molecule has 5 nitrogen and oxygen atoms in total. The first-order chi connectivity index (χ1) is 12.1. The Labute approximate surface area is 151 Å². The Morgan fingerprint density at radius 2 is 2.00 bits per heavy atom. The second kappa shape index (κ2) is 8.48. The van der Waals surface area contributed by atoms with Gasteiger partial charge < -0.3 is 9.80 Å². The van der Waals surface area contributed by atoms with Gasteiger partial charge in [-0.1, -0.05) is 11.6 Å². The van der Waals surface area contributed by atoms with E-state index in [1.807, 2.05) is 31.0 Å². The van der Waals surface area contributed by atoms with Crippen LogP contribution in [0.5, 0.6) is 0 Å². The van der Waals surface area contributed by atoms with Crippen LogP contribution in [0.1, 0.15) is 26.7 Å². The van der Waals surface area contributed by atoms with E-state index in [2.05, 4.69) is 26.9 Å². The Morgan fingerprint density at radius 3 is 2.68 bits per heavy atom. The summed E-state index contributed by atoms with van der Waals surface area (Å²) >= 11 is 0. The van der Waals surface area contributed by atoms with Gasteiger partial charge in [-0.15, -0.1) is 0 Å². The van der Waals surface area contributed by atoms with Crippen LogP contribution in [0.15, 0.2) is 36.0 Å². The van der Waals surface area contributed by atoms with Crippen molar-refractivity contribution in [1.82, 2.24) is 14.8 Å². The molecule has 1 aromatic heterocycles. The second-order valence-electron chi connectivity index (χ2n) is 7.49. The summed E-state index contributed by atoms with van der Waals surface area (Å²) in [5, 5.41) is 0. The summed E-state index contributed by atoms with van der Waals surface area (Å²) < 4.78 is 0. The van der Waals surface area contributed by atoms with Crippen LogP contribution in [0.4, 0.5) is 5.82 Å². The molecule has 0 N–H and O–H groups in total. The lowest BCUT2D eigenvalue weighted by Crippen LogP contribution is -2.50. The van der Waals surface area contributed by atoms with Crippen molar-refractivity contribution >= 4 is 11.7 Å². The van der Waals surface area contributed by atoms with E-state index in [1.54, 1.807) is 6.08 Å². The maximum Gasteiger partial charge on any atom is 0.246 e. The largest absolute Gasteiger partial charge is 0.354 e. The lowest BCUT2D eigenvalue weighted by molar-refractivity contribution is -0.128. The molecule has 0 spiro atoms. The number of pyridine rings is 1. The molecular weight excluding hydrogens is 312 g/mol. The molecule has 0 aromatic carbocycles. The molecule has 3 rings (SSSR count). The Morgan fingerprint density at radius 1 is 1.20 bits per heavy atom. The van der Waals surface area contributed by atoms with Crippen molar-refractivity contribution in [2.75, 3.05) is 50.7 Å². The van der Waals surface area contributed by atoms with Gasteiger partial charge in [0.05, 0.1) is 0 Å². The van der Waals surface area contributed by atoms with Gasteiger partial charge in [-0.3, -0.25) is 9.69 Å². The first kappa shape index (κ1) is 17.9. The number of rotatable bonds is 4. The Kier molecular flexibility index (Phi) is 6.08. The van der Waals surface area contributed by atoms with E-state index in [1.165, 1.54) is 6.42 Å². The van der Waals surface area contributed by atoms with Gasteiger partial charge in [0.25, 0.3) is 0 Å². The van der Waals surface area contributed by atoms with Gasteiger partial charge in [0.1, 0.15) is 5.82 Å². The topological polar surface area (TPSA) is 39.7 Å². The number of aromatic nitrogens is 1. The van der Waals surface area contributed by atoms with Gasteiger partial charge in [-0.2, -0.15) is 0 Å². The molecule has 5 heteroatoms. The minimum absolute atomic E-state index is 0.185. The Balaban J connectivity index is 1.47. The second-order valence-corrected chi connectivity index (χ2v) is 7.49. The van der Waals surface area contributed by atoms with Crippen molar-refractivity contribution < 1.29 is 4.79 Å². The van der Waals surface area contributed by atoms with Crippen LogP contribution < -0.4 is 4.90 Å². The van der Waals surface area contributed by atoms with Crippen LogP contribution in [0.2, 0.25) is 0 Å². The number of piperazine rings is 1. The summed E-state index contributed by atoms with van der Waals surface area (Å²) in [4.78, 5) is 23.7. The van der Waals surface area contributed by atoms with E-state index in [0.29, 0.717) is 5.92 Å². The van der Waals surface area contributed by atoms with Crippen LogP contribution in [-0.4, -0.2) is 66.5 Å². The van der Waals surface area contributed by atoms with E-state index >= 15 is 0 Å². The molecule has 136 valence electrons. The monoisotopic (exact) mass is 342 g/mol. The third kappa shape index (κ3) is 5.05. The van der Waals surface area contributed by atoms with Gasteiger partial charge >= 0.3 is 0 Å². The molecule has 2 fully saturated rings. The maximum absolute atomic E-state index is 12.3. The molecule has 1 amide bonds. The number of likely N-dealkylation sites (tertiary alicyclic amines) is 1. The van der Waals surface area contributed by atoms with Crippen LogP contribution in [0.3, 0.4) is 0 Å². The molecule has 2 aliphatic heterocycles. The fourth-order valence-electron chi connectivity index (χ4n) is 3.82. The van der Waals surface area contributed by atoms with Crippen LogP contribution >= 0.6 is 0 Å². The molecule has 0 unspecified atom stereocenters. The molecule has 0 aliphatic carbocycles. The summed E-state index contributed by atoms with van der Waals surface area (Å²) in [6.07, 6.45) is 6.00. The number of nitrogens with zero attached hydrogens (tertiary/aromatic N) is 4. The fourth-order valence-corrected chi connectivity index (χ4v) is 3.82. The SMILES string of the molecule is CC(C)=CC(=O)N1CCC[C@H](CN2CCN(c3ccccn3)CC2)C1. The highest BCUT2D eigenvalue weighted by atomic mass is 16.2. The number of amides is 1. The summed E-state index contributed by atoms with van der Waals surface area (Å²) in [5.41, 5.74) is 1.08. The van der Waals surface area contributed by atoms with Gasteiger partial charge in [-0.25, -0.2) is 4.98 Å². The van der Waals surface area contributed by atoms with Crippen molar-refractivity contribution in [1.29, 1.82) is 0 Å². The zero-order valence-electron chi connectivity index (χ0n) is 15.5. The Hall–Kier alpha value is -1.88. The van der Waals surface area contributed by atoms with Crippen molar-refractivity contribution in [2.45, 2.75) is 26.7 Å². The zero-order chi connectivity index (χ0) is 17.6. The molecule has 1 atom stereocenters. The molecule has 25 heavy (non-hydrogen) atoms. The quantitative estimate of drug-likeness (QED) is 0.788. The van der Waals surface area contributed by atoms with E-state index in [4.69, 9.17) is 0 Å². The molecule has 2 aliphatic rings. The number of piperidine rings is 1. The highest BCUT2D eigenvalue weighted by Gasteiger charge is 2.26. The van der Waals surface area contributed by atoms with Crippen LogP contribution in [0, 0.1) is 5.92 Å². The average Bonchev–Trinajstić information content (AvgIpc) is 2.63. The van der Waals surface area contributed by atoms with Crippen LogP contribution in [0.25, 0.3) is 0 Å². The summed E-state index contributed by atoms with van der Waals surface area (Å²) in [5.74, 6) is 1.87. The number of anilines is 1. The van der Waals surface area contributed by atoms with Crippen LogP contribution in [-0.2, 0) is 4.79 Å².